The zero-order chi connectivity index (χ0) is 19.5. The third-order valence-electron chi connectivity index (χ3n) is 4.67. The fourth-order valence-corrected chi connectivity index (χ4v) is 3.79. The van der Waals surface area contributed by atoms with E-state index < -0.39 is 0 Å². The van der Waals surface area contributed by atoms with E-state index in [4.69, 9.17) is 4.74 Å². The van der Waals surface area contributed by atoms with Gasteiger partial charge in [0.2, 0.25) is 5.91 Å². The van der Waals surface area contributed by atoms with Crippen LogP contribution in [0.2, 0.25) is 0 Å². The van der Waals surface area contributed by atoms with E-state index in [9.17, 15) is 9.59 Å². The Morgan fingerprint density at radius 2 is 2.07 bits per heavy atom. The van der Waals surface area contributed by atoms with Crippen molar-refractivity contribution in [2.75, 3.05) is 19.4 Å². The molecule has 1 N–H and O–H groups in total. The van der Waals surface area contributed by atoms with Crippen LogP contribution in [0.4, 0.5) is 0 Å². The Morgan fingerprint density at radius 3 is 2.86 bits per heavy atom. The van der Waals surface area contributed by atoms with Crippen molar-refractivity contribution < 1.29 is 9.53 Å². The average Bonchev–Trinajstić information content (AvgIpc) is 3.55. The Morgan fingerprint density at radius 1 is 1.25 bits per heavy atom. The lowest BCUT2D eigenvalue weighted by Crippen LogP contribution is -2.28. The highest BCUT2D eigenvalue weighted by molar-refractivity contribution is 7.99. The molecule has 0 saturated heterocycles. The molecule has 144 valence electrons. The lowest BCUT2D eigenvalue weighted by Gasteiger charge is -2.14. The number of nitrogens with one attached hydrogen (secondary N) is 1. The maximum atomic E-state index is 13.2. The van der Waals surface area contributed by atoms with Gasteiger partial charge in [0, 0.05) is 12.6 Å². The number of nitrogens with zero attached hydrogens (tertiary/aromatic N) is 2. The summed E-state index contributed by atoms with van der Waals surface area (Å²) in [5, 5.41) is 3.97. The molecule has 1 aromatic heterocycles. The molecule has 6 nitrogen and oxygen atoms in total. The Balaban J connectivity index is 1.70. The molecule has 0 aliphatic heterocycles. The summed E-state index contributed by atoms with van der Waals surface area (Å²) in [4.78, 5) is 30.0. The van der Waals surface area contributed by atoms with E-state index in [1.807, 2.05) is 36.4 Å². The van der Waals surface area contributed by atoms with Crippen LogP contribution < -0.4 is 15.6 Å². The van der Waals surface area contributed by atoms with E-state index in [1.165, 1.54) is 24.6 Å². The summed E-state index contributed by atoms with van der Waals surface area (Å²) in [5.41, 5.74) is 1.11. The molecule has 0 radical (unpaired) electrons. The average molecular weight is 395 g/mol. The molecule has 1 fully saturated rings. The molecule has 1 amide bonds. The van der Waals surface area contributed by atoms with Gasteiger partial charge in [-0.3, -0.25) is 14.2 Å². The Hall–Kier alpha value is -2.80. The van der Waals surface area contributed by atoms with Gasteiger partial charge in [0.15, 0.2) is 5.16 Å². The number of carbonyl (C=O) groups excluding carboxylic acids is 1. The molecule has 0 unspecified atom stereocenters. The number of rotatable bonds is 7. The van der Waals surface area contributed by atoms with E-state index >= 15 is 0 Å². The second kappa shape index (κ2) is 8.06. The maximum Gasteiger partial charge on any atom is 0.266 e. The Labute approximate surface area is 166 Å². The van der Waals surface area contributed by atoms with Gasteiger partial charge in [-0.2, -0.15) is 0 Å². The minimum absolute atomic E-state index is 0.0449. The Bertz CT molecular complexity index is 1080. The quantitative estimate of drug-likeness (QED) is 0.492. The fraction of sp³-hybridized carbons (Fsp3) is 0.286. The molecule has 0 bridgehead atoms. The number of amides is 1. The number of aromatic nitrogens is 2. The molecular formula is C21H21N3O3S. The minimum Gasteiger partial charge on any atom is -0.497 e. The number of para-hydroxylation sites is 1. The third kappa shape index (κ3) is 4.04. The van der Waals surface area contributed by atoms with Crippen molar-refractivity contribution in [2.24, 2.45) is 5.92 Å². The first kappa shape index (κ1) is 18.6. The van der Waals surface area contributed by atoms with Gasteiger partial charge in [-0.25, -0.2) is 4.98 Å². The smallest absolute Gasteiger partial charge is 0.266 e. The molecular weight excluding hydrogens is 374 g/mol. The van der Waals surface area contributed by atoms with Crippen LogP contribution in [0.1, 0.15) is 12.8 Å². The van der Waals surface area contributed by atoms with Crippen molar-refractivity contribution in [3.05, 3.63) is 58.9 Å². The van der Waals surface area contributed by atoms with Crippen LogP contribution in [0.15, 0.2) is 58.5 Å². The van der Waals surface area contributed by atoms with Crippen LogP contribution >= 0.6 is 11.8 Å². The summed E-state index contributed by atoms with van der Waals surface area (Å²) in [6.45, 7) is 0.729. The lowest BCUT2D eigenvalue weighted by atomic mass is 10.2. The van der Waals surface area contributed by atoms with Gasteiger partial charge in [-0.1, -0.05) is 30.0 Å². The van der Waals surface area contributed by atoms with E-state index in [0.29, 0.717) is 33.4 Å². The first-order valence-electron chi connectivity index (χ1n) is 9.21. The zero-order valence-electron chi connectivity index (χ0n) is 15.6. The van der Waals surface area contributed by atoms with Gasteiger partial charge in [-0.05, 0) is 43.0 Å². The highest BCUT2D eigenvalue weighted by Gasteiger charge is 2.22. The van der Waals surface area contributed by atoms with E-state index in [-0.39, 0.29) is 17.2 Å². The SMILES string of the molecule is COc1cccc(-n2c(SCC(=O)NCC3CC3)nc3ccccc3c2=O)c1. The predicted molar refractivity (Wildman–Crippen MR) is 110 cm³/mol. The number of thioether (sulfide) groups is 1. The van der Waals surface area contributed by atoms with Crippen molar-refractivity contribution in [2.45, 2.75) is 18.0 Å². The summed E-state index contributed by atoms with van der Waals surface area (Å²) in [7, 11) is 1.58. The number of methoxy groups -OCH3 is 1. The van der Waals surface area contributed by atoms with Gasteiger partial charge >= 0.3 is 0 Å². The van der Waals surface area contributed by atoms with Gasteiger partial charge < -0.3 is 10.1 Å². The number of hydrogen-bond acceptors (Lipinski definition) is 5. The number of benzene rings is 2. The molecule has 4 rings (SSSR count). The maximum absolute atomic E-state index is 13.2. The highest BCUT2D eigenvalue weighted by atomic mass is 32.2. The summed E-state index contributed by atoms with van der Waals surface area (Å²) in [6, 6.07) is 14.5. The number of fused-ring (bicyclic) bond motifs is 1. The van der Waals surface area contributed by atoms with Crippen molar-refractivity contribution in [3.63, 3.8) is 0 Å². The molecule has 1 aliphatic carbocycles. The van der Waals surface area contributed by atoms with Crippen molar-refractivity contribution in [3.8, 4) is 11.4 Å². The molecule has 0 atom stereocenters. The first-order valence-corrected chi connectivity index (χ1v) is 10.2. The van der Waals surface area contributed by atoms with Gasteiger partial charge in [-0.15, -0.1) is 0 Å². The van der Waals surface area contributed by atoms with Crippen LogP contribution in [0, 0.1) is 5.92 Å². The standard InChI is InChI=1S/C21H21N3O3S/c1-27-16-6-4-5-15(11-16)24-20(26)17-7-2-3-8-18(17)23-21(24)28-13-19(25)22-12-14-9-10-14/h2-8,11,14H,9-10,12-13H2,1H3,(H,22,25). The van der Waals surface area contributed by atoms with Crippen molar-refractivity contribution in [1.29, 1.82) is 0 Å². The van der Waals surface area contributed by atoms with Crippen LogP contribution in [-0.2, 0) is 4.79 Å². The summed E-state index contributed by atoms with van der Waals surface area (Å²) >= 11 is 1.26. The third-order valence-corrected chi connectivity index (χ3v) is 5.61. The molecule has 2 aromatic carbocycles. The van der Waals surface area contributed by atoms with E-state index in [1.54, 1.807) is 23.8 Å². The molecule has 28 heavy (non-hydrogen) atoms. The predicted octanol–water partition coefficient (Wildman–Crippen LogP) is 3.01. The number of hydrogen-bond donors (Lipinski definition) is 1. The van der Waals surface area contributed by atoms with Crippen LogP contribution in [0.3, 0.4) is 0 Å². The Kier molecular flexibility index (Phi) is 5.34. The first-order chi connectivity index (χ1) is 13.7. The van der Waals surface area contributed by atoms with E-state index in [0.717, 1.165) is 6.54 Å². The highest BCUT2D eigenvalue weighted by Crippen LogP contribution is 2.28. The van der Waals surface area contributed by atoms with E-state index in [2.05, 4.69) is 10.3 Å². The van der Waals surface area contributed by atoms with Crippen LogP contribution in [-0.4, -0.2) is 34.9 Å². The number of ether oxygens (including phenoxy) is 1. The second-order valence-electron chi connectivity index (χ2n) is 6.79. The monoisotopic (exact) mass is 395 g/mol. The van der Waals surface area contributed by atoms with Crippen molar-refractivity contribution >= 4 is 28.6 Å². The molecule has 0 spiro atoms. The molecule has 1 saturated carbocycles. The molecule has 3 aromatic rings. The lowest BCUT2D eigenvalue weighted by molar-refractivity contribution is -0.118. The van der Waals surface area contributed by atoms with Gasteiger partial charge in [0.05, 0.1) is 29.5 Å². The normalized spacial score (nSPS) is 13.5. The molecule has 1 heterocycles. The fourth-order valence-electron chi connectivity index (χ4n) is 2.95. The topological polar surface area (TPSA) is 73.2 Å². The second-order valence-corrected chi connectivity index (χ2v) is 7.73. The number of carbonyl (C=O) groups is 1. The van der Waals surface area contributed by atoms with Crippen LogP contribution in [0.5, 0.6) is 5.75 Å². The largest absolute Gasteiger partial charge is 0.497 e. The van der Waals surface area contributed by atoms with Crippen LogP contribution in [0.25, 0.3) is 16.6 Å². The summed E-state index contributed by atoms with van der Waals surface area (Å²) in [6.07, 6.45) is 2.38. The van der Waals surface area contributed by atoms with Gasteiger partial charge in [0.25, 0.3) is 5.56 Å². The molecule has 1 aliphatic rings. The summed E-state index contributed by atoms with van der Waals surface area (Å²) in [5.74, 6) is 1.44. The zero-order valence-corrected chi connectivity index (χ0v) is 16.4. The molecule has 7 heteroatoms. The minimum atomic E-state index is -0.167. The van der Waals surface area contributed by atoms with Crippen molar-refractivity contribution in [1.82, 2.24) is 14.9 Å². The summed E-state index contributed by atoms with van der Waals surface area (Å²) < 4.78 is 6.84. The van der Waals surface area contributed by atoms with Gasteiger partial charge in [0.1, 0.15) is 5.75 Å².